The number of aromatic nitrogens is 1. The molecule has 2 heterocycles. The van der Waals surface area contributed by atoms with Crippen LogP contribution in [-0.4, -0.2) is 40.6 Å². The number of carbonyl (C=O) groups is 3. The van der Waals surface area contributed by atoms with Crippen LogP contribution in [0.15, 0.2) is 6.20 Å². The van der Waals surface area contributed by atoms with E-state index in [1.54, 1.807) is 4.90 Å². The lowest BCUT2D eigenvalue weighted by molar-refractivity contribution is -0.134. The van der Waals surface area contributed by atoms with Gasteiger partial charge < -0.3 is 10.2 Å². The third kappa shape index (κ3) is 4.13. The predicted octanol–water partition coefficient (Wildman–Crippen LogP) is 2.32. The molecule has 120 valence electrons. The number of hydrogen-bond acceptors (Lipinski definition) is 5. The zero-order valence-electron chi connectivity index (χ0n) is 12.9. The zero-order valence-corrected chi connectivity index (χ0v) is 13.7. The summed E-state index contributed by atoms with van der Waals surface area (Å²) in [4.78, 5) is 41.8. The largest absolute Gasteiger partial charge is 0.342 e. The summed E-state index contributed by atoms with van der Waals surface area (Å²) < 4.78 is 0. The summed E-state index contributed by atoms with van der Waals surface area (Å²) in [6.07, 6.45) is 4.43. The Labute approximate surface area is 133 Å². The maximum atomic E-state index is 12.3. The standard InChI is InChI=1S/C15H21N3O3S/c1-3-5-13(20)18-7-4-6-11(9-18)14(21)17-15-16-8-12(22-15)10(2)19/h8,11H,3-7,9H2,1-2H3,(H,16,17,21). The highest BCUT2D eigenvalue weighted by atomic mass is 32.1. The lowest BCUT2D eigenvalue weighted by Crippen LogP contribution is -2.43. The number of carbonyl (C=O) groups excluding carboxylic acids is 3. The first-order valence-corrected chi connectivity index (χ1v) is 8.38. The fourth-order valence-electron chi connectivity index (χ4n) is 2.49. The summed E-state index contributed by atoms with van der Waals surface area (Å²) >= 11 is 1.18. The maximum absolute atomic E-state index is 12.3. The summed E-state index contributed by atoms with van der Waals surface area (Å²) in [5.74, 6) is -0.280. The molecule has 2 rings (SSSR count). The van der Waals surface area contributed by atoms with E-state index in [9.17, 15) is 14.4 Å². The molecule has 0 aliphatic carbocycles. The highest BCUT2D eigenvalue weighted by Gasteiger charge is 2.28. The lowest BCUT2D eigenvalue weighted by atomic mass is 9.97. The molecule has 7 heteroatoms. The highest BCUT2D eigenvalue weighted by molar-refractivity contribution is 7.17. The number of amides is 2. The van der Waals surface area contributed by atoms with E-state index in [2.05, 4.69) is 10.3 Å². The fourth-order valence-corrected chi connectivity index (χ4v) is 3.21. The Morgan fingerprint density at radius 3 is 2.86 bits per heavy atom. The number of thiazole rings is 1. The van der Waals surface area contributed by atoms with Crippen LogP contribution in [0.4, 0.5) is 5.13 Å². The van der Waals surface area contributed by atoms with Crippen molar-refractivity contribution in [2.75, 3.05) is 18.4 Å². The average molecular weight is 323 g/mol. The topological polar surface area (TPSA) is 79.4 Å². The normalized spacial score (nSPS) is 18.1. The molecule has 2 amide bonds. The van der Waals surface area contributed by atoms with Crippen LogP contribution in [0.3, 0.4) is 0 Å². The minimum atomic E-state index is -0.209. The number of ketones is 1. The van der Waals surface area contributed by atoms with E-state index in [-0.39, 0.29) is 23.5 Å². The number of nitrogens with one attached hydrogen (secondary N) is 1. The van der Waals surface area contributed by atoms with Gasteiger partial charge in [-0.1, -0.05) is 18.3 Å². The van der Waals surface area contributed by atoms with E-state index >= 15 is 0 Å². The van der Waals surface area contributed by atoms with Crippen LogP contribution in [0, 0.1) is 5.92 Å². The molecule has 1 saturated heterocycles. The monoisotopic (exact) mass is 323 g/mol. The maximum Gasteiger partial charge on any atom is 0.231 e. The van der Waals surface area contributed by atoms with Crippen LogP contribution in [0.5, 0.6) is 0 Å². The van der Waals surface area contributed by atoms with Gasteiger partial charge in [-0.15, -0.1) is 0 Å². The zero-order chi connectivity index (χ0) is 16.1. The van der Waals surface area contributed by atoms with Crippen molar-refractivity contribution < 1.29 is 14.4 Å². The molecular formula is C15H21N3O3S. The predicted molar refractivity (Wildman–Crippen MR) is 85.0 cm³/mol. The number of anilines is 1. The quantitative estimate of drug-likeness (QED) is 0.843. The van der Waals surface area contributed by atoms with Gasteiger partial charge in [0.1, 0.15) is 0 Å². The Bertz CT molecular complexity index is 570. The fraction of sp³-hybridized carbons (Fsp3) is 0.600. The molecule has 0 radical (unpaired) electrons. The Morgan fingerprint density at radius 1 is 1.45 bits per heavy atom. The Kier molecular flexibility index (Phi) is 5.65. The van der Waals surface area contributed by atoms with Gasteiger partial charge in [-0.3, -0.25) is 14.4 Å². The molecular weight excluding hydrogens is 302 g/mol. The van der Waals surface area contributed by atoms with Gasteiger partial charge >= 0.3 is 0 Å². The first-order chi connectivity index (χ1) is 10.5. The second kappa shape index (κ2) is 7.49. The van der Waals surface area contributed by atoms with Gasteiger partial charge in [0.15, 0.2) is 10.9 Å². The van der Waals surface area contributed by atoms with Crippen molar-refractivity contribution in [3.63, 3.8) is 0 Å². The van der Waals surface area contributed by atoms with Gasteiger partial charge in [0.2, 0.25) is 11.8 Å². The van der Waals surface area contributed by atoms with Crippen molar-refractivity contribution in [1.29, 1.82) is 0 Å². The summed E-state index contributed by atoms with van der Waals surface area (Å²) in [6.45, 7) is 4.64. The van der Waals surface area contributed by atoms with Gasteiger partial charge in [0, 0.05) is 26.4 Å². The summed E-state index contributed by atoms with van der Waals surface area (Å²) in [5, 5.41) is 3.19. The molecule has 1 unspecified atom stereocenters. The molecule has 0 saturated carbocycles. The number of nitrogens with zero attached hydrogens (tertiary/aromatic N) is 2. The lowest BCUT2D eigenvalue weighted by Gasteiger charge is -2.31. The van der Waals surface area contributed by atoms with E-state index in [4.69, 9.17) is 0 Å². The molecule has 1 aliphatic rings. The smallest absolute Gasteiger partial charge is 0.231 e. The molecule has 0 bridgehead atoms. The molecule has 0 spiro atoms. The second-order valence-corrected chi connectivity index (χ2v) is 6.53. The summed E-state index contributed by atoms with van der Waals surface area (Å²) in [5.41, 5.74) is 0. The van der Waals surface area contributed by atoms with Gasteiger partial charge in [-0.2, -0.15) is 0 Å². The van der Waals surface area contributed by atoms with Crippen molar-refractivity contribution in [2.24, 2.45) is 5.92 Å². The first-order valence-electron chi connectivity index (χ1n) is 7.56. The molecule has 22 heavy (non-hydrogen) atoms. The number of rotatable bonds is 5. The van der Waals surface area contributed by atoms with Crippen LogP contribution in [0.2, 0.25) is 0 Å². The Morgan fingerprint density at radius 2 is 2.23 bits per heavy atom. The SMILES string of the molecule is CCCC(=O)N1CCCC(C(=O)Nc2ncc(C(C)=O)s2)C1. The summed E-state index contributed by atoms with van der Waals surface area (Å²) in [7, 11) is 0. The third-order valence-electron chi connectivity index (χ3n) is 3.69. The molecule has 1 aliphatic heterocycles. The van der Waals surface area contributed by atoms with Crippen LogP contribution in [-0.2, 0) is 9.59 Å². The van der Waals surface area contributed by atoms with E-state index in [0.717, 1.165) is 25.8 Å². The van der Waals surface area contributed by atoms with E-state index in [1.165, 1.54) is 24.5 Å². The van der Waals surface area contributed by atoms with Crippen molar-refractivity contribution >= 4 is 34.1 Å². The van der Waals surface area contributed by atoms with Crippen LogP contribution >= 0.6 is 11.3 Å². The van der Waals surface area contributed by atoms with Crippen molar-refractivity contribution in [1.82, 2.24) is 9.88 Å². The first kappa shape index (κ1) is 16.6. The number of hydrogen-bond donors (Lipinski definition) is 1. The van der Waals surface area contributed by atoms with Gasteiger partial charge in [0.05, 0.1) is 17.0 Å². The number of likely N-dealkylation sites (tertiary alicyclic amines) is 1. The molecule has 1 fully saturated rings. The summed E-state index contributed by atoms with van der Waals surface area (Å²) in [6, 6.07) is 0. The second-order valence-electron chi connectivity index (χ2n) is 5.50. The molecule has 1 aromatic rings. The van der Waals surface area contributed by atoms with Crippen molar-refractivity contribution in [2.45, 2.75) is 39.5 Å². The van der Waals surface area contributed by atoms with Crippen molar-refractivity contribution in [3.05, 3.63) is 11.1 Å². The minimum absolute atomic E-state index is 0.0630. The van der Waals surface area contributed by atoms with E-state index < -0.39 is 0 Å². The number of piperidine rings is 1. The number of Topliss-reactive ketones (excluding diaryl/α,β-unsaturated/α-hetero) is 1. The van der Waals surface area contributed by atoms with Gasteiger partial charge in [0.25, 0.3) is 0 Å². The highest BCUT2D eigenvalue weighted by Crippen LogP contribution is 2.22. The minimum Gasteiger partial charge on any atom is -0.342 e. The van der Waals surface area contributed by atoms with Gasteiger partial charge in [-0.25, -0.2) is 4.98 Å². The third-order valence-corrected chi connectivity index (χ3v) is 4.71. The van der Waals surface area contributed by atoms with Gasteiger partial charge in [-0.05, 0) is 19.3 Å². The Hall–Kier alpha value is -1.76. The Balaban J connectivity index is 1.93. The van der Waals surface area contributed by atoms with Crippen LogP contribution in [0.25, 0.3) is 0 Å². The molecule has 6 nitrogen and oxygen atoms in total. The van der Waals surface area contributed by atoms with Crippen LogP contribution < -0.4 is 5.32 Å². The molecule has 1 N–H and O–H groups in total. The molecule has 1 aromatic heterocycles. The van der Waals surface area contributed by atoms with E-state index in [1.807, 2.05) is 6.92 Å². The van der Waals surface area contributed by atoms with E-state index in [0.29, 0.717) is 23.0 Å². The average Bonchev–Trinajstić information content (AvgIpc) is 2.96. The molecule has 1 atom stereocenters. The molecule has 0 aromatic carbocycles. The van der Waals surface area contributed by atoms with Crippen LogP contribution in [0.1, 0.15) is 49.2 Å². The van der Waals surface area contributed by atoms with Crippen molar-refractivity contribution in [3.8, 4) is 0 Å².